The summed E-state index contributed by atoms with van der Waals surface area (Å²) in [6, 6.07) is 0. The number of hydrogen-bond acceptors (Lipinski definition) is 4. The minimum absolute atomic E-state index is 0.0118. The van der Waals surface area contributed by atoms with Crippen LogP contribution in [0.2, 0.25) is 0 Å². The second kappa shape index (κ2) is 6.67. The Hall–Kier alpha value is -0.660. The molecule has 2 unspecified atom stereocenters. The maximum absolute atomic E-state index is 12.1. The van der Waals surface area contributed by atoms with E-state index in [9.17, 15) is 13.2 Å². The molecular weight excluding hydrogens is 270 g/mol. The molecule has 1 N–H and O–H groups in total. The monoisotopic (exact) mass is 293 g/mol. The summed E-state index contributed by atoms with van der Waals surface area (Å²) in [6.07, 6.45) is 0.520. The predicted octanol–water partition coefficient (Wildman–Crippen LogP) is 0.784. The van der Waals surface area contributed by atoms with Gasteiger partial charge in [0.1, 0.15) is 0 Å². The molecule has 0 amide bonds. The van der Waals surface area contributed by atoms with Crippen LogP contribution in [0.15, 0.2) is 0 Å². The van der Waals surface area contributed by atoms with Crippen LogP contribution < -0.4 is 0 Å². The van der Waals surface area contributed by atoms with Crippen LogP contribution in [0, 0.1) is 11.8 Å². The molecule has 1 aliphatic rings. The molecular formula is C12H23NO5S. The van der Waals surface area contributed by atoms with E-state index >= 15 is 0 Å². The molecule has 0 aromatic heterocycles. The maximum Gasteiger partial charge on any atom is 0.307 e. The summed E-state index contributed by atoms with van der Waals surface area (Å²) in [7, 11) is -3.43. The Balaban J connectivity index is 2.63. The molecule has 7 heteroatoms. The van der Waals surface area contributed by atoms with Crippen LogP contribution in [-0.2, 0) is 19.6 Å². The largest absolute Gasteiger partial charge is 0.481 e. The lowest BCUT2D eigenvalue weighted by Gasteiger charge is -2.33. The van der Waals surface area contributed by atoms with E-state index in [1.807, 2.05) is 20.8 Å². The molecule has 1 aliphatic heterocycles. The van der Waals surface area contributed by atoms with Crippen molar-refractivity contribution in [2.45, 2.75) is 33.3 Å². The summed E-state index contributed by atoms with van der Waals surface area (Å²) >= 11 is 0. The molecule has 0 radical (unpaired) electrons. The van der Waals surface area contributed by atoms with Gasteiger partial charge in [-0.15, -0.1) is 0 Å². The van der Waals surface area contributed by atoms with Gasteiger partial charge in [0, 0.05) is 13.1 Å². The quantitative estimate of drug-likeness (QED) is 0.782. The van der Waals surface area contributed by atoms with Gasteiger partial charge in [-0.3, -0.25) is 4.79 Å². The van der Waals surface area contributed by atoms with Gasteiger partial charge in [0.15, 0.2) is 0 Å². The first kappa shape index (κ1) is 16.4. The van der Waals surface area contributed by atoms with Crippen molar-refractivity contribution in [3.63, 3.8) is 0 Å². The molecule has 112 valence electrons. The summed E-state index contributed by atoms with van der Waals surface area (Å²) in [5.74, 6) is -1.56. The minimum Gasteiger partial charge on any atom is -0.481 e. The Morgan fingerprint density at radius 2 is 2.05 bits per heavy atom. The summed E-state index contributed by atoms with van der Waals surface area (Å²) in [6.45, 7) is 6.18. The van der Waals surface area contributed by atoms with Gasteiger partial charge in [0.05, 0.1) is 24.4 Å². The molecule has 0 saturated carbocycles. The van der Waals surface area contributed by atoms with Crippen molar-refractivity contribution in [3.05, 3.63) is 0 Å². The van der Waals surface area contributed by atoms with Gasteiger partial charge in [-0.05, 0) is 26.2 Å². The van der Waals surface area contributed by atoms with Crippen molar-refractivity contribution in [2.24, 2.45) is 11.8 Å². The van der Waals surface area contributed by atoms with E-state index in [4.69, 9.17) is 9.84 Å². The average Bonchev–Trinajstić information content (AvgIpc) is 2.27. The Labute approximate surface area is 114 Å². The second-order valence-electron chi connectivity index (χ2n) is 5.43. The number of carboxylic acid groups (broad SMARTS) is 1. The van der Waals surface area contributed by atoms with E-state index in [1.165, 1.54) is 4.31 Å². The first-order valence-corrected chi connectivity index (χ1v) is 8.15. The number of rotatable bonds is 6. The van der Waals surface area contributed by atoms with Crippen molar-refractivity contribution in [1.82, 2.24) is 4.31 Å². The fourth-order valence-corrected chi connectivity index (χ4v) is 3.68. The third kappa shape index (κ3) is 5.08. The Morgan fingerprint density at radius 1 is 1.42 bits per heavy atom. The normalized spacial score (nSPS) is 25.7. The van der Waals surface area contributed by atoms with Gasteiger partial charge in [0.25, 0.3) is 0 Å². The van der Waals surface area contributed by atoms with Gasteiger partial charge >= 0.3 is 5.97 Å². The molecule has 1 heterocycles. The summed E-state index contributed by atoms with van der Waals surface area (Å²) in [5.41, 5.74) is 0. The number of carbonyl (C=O) groups is 1. The highest BCUT2D eigenvalue weighted by molar-refractivity contribution is 7.89. The number of nitrogens with zero attached hydrogens (tertiary/aromatic N) is 1. The van der Waals surface area contributed by atoms with Crippen molar-refractivity contribution in [3.8, 4) is 0 Å². The first-order chi connectivity index (χ1) is 8.72. The highest BCUT2D eigenvalue weighted by Crippen LogP contribution is 2.24. The van der Waals surface area contributed by atoms with Crippen LogP contribution in [0.1, 0.15) is 27.2 Å². The summed E-state index contributed by atoms with van der Waals surface area (Å²) in [5, 5.41) is 9.04. The predicted molar refractivity (Wildman–Crippen MR) is 71.4 cm³/mol. The number of ether oxygens (including phenoxy) is 1. The molecule has 1 saturated heterocycles. The fraction of sp³-hybridized carbons (Fsp3) is 0.917. The zero-order valence-corrected chi connectivity index (χ0v) is 12.5. The van der Waals surface area contributed by atoms with Crippen LogP contribution >= 0.6 is 0 Å². The van der Waals surface area contributed by atoms with Crippen LogP contribution in [0.3, 0.4) is 0 Å². The summed E-state index contributed by atoms with van der Waals surface area (Å²) < 4.78 is 30.8. The highest BCUT2D eigenvalue weighted by Gasteiger charge is 2.35. The third-order valence-electron chi connectivity index (χ3n) is 3.16. The molecule has 0 aromatic rings. The van der Waals surface area contributed by atoms with E-state index in [2.05, 4.69) is 0 Å². The van der Waals surface area contributed by atoms with Crippen molar-refractivity contribution in [1.29, 1.82) is 0 Å². The lowest BCUT2D eigenvalue weighted by molar-refractivity contribution is -0.143. The van der Waals surface area contributed by atoms with Gasteiger partial charge in [-0.1, -0.05) is 6.92 Å². The Bertz CT molecular complexity index is 406. The van der Waals surface area contributed by atoms with E-state index in [-0.39, 0.29) is 30.9 Å². The molecule has 19 heavy (non-hydrogen) atoms. The van der Waals surface area contributed by atoms with Crippen LogP contribution in [0.5, 0.6) is 0 Å². The van der Waals surface area contributed by atoms with E-state index in [0.29, 0.717) is 13.0 Å². The number of carboxylic acids is 1. The Kier molecular flexibility index (Phi) is 5.76. The minimum atomic E-state index is -3.43. The molecule has 2 atom stereocenters. The number of piperidine rings is 1. The highest BCUT2D eigenvalue weighted by atomic mass is 32.2. The molecule has 6 nitrogen and oxygen atoms in total. The molecule has 0 bridgehead atoms. The zero-order valence-electron chi connectivity index (χ0n) is 11.7. The topological polar surface area (TPSA) is 83.9 Å². The average molecular weight is 293 g/mol. The smallest absolute Gasteiger partial charge is 0.307 e. The molecule has 0 aliphatic carbocycles. The lowest BCUT2D eigenvalue weighted by atomic mass is 9.92. The standard InChI is InChI=1S/C12H23NO5S/c1-9(2)18-4-5-19(16,17)13-7-10(3)6-11(8-13)12(14)15/h9-11H,4-8H2,1-3H3,(H,14,15). The SMILES string of the molecule is CC1CC(C(=O)O)CN(S(=O)(=O)CCOC(C)C)C1. The van der Waals surface area contributed by atoms with Gasteiger partial charge < -0.3 is 9.84 Å². The van der Waals surface area contributed by atoms with Crippen LogP contribution in [0.4, 0.5) is 0 Å². The van der Waals surface area contributed by atoms with Gasteiger partial charge in [0.2, 0.25) is 10.0 Å². The number of sulfonamides is 1. The number of aliphatic carboxylic acids is 1. The van der Waals surface area contributed by atoms with E-state index < -0.39 is 21.9 Å². The Morgan fingerprint density at radius 3 is 2.58 bits per heavy atom. The second-order valence-corrected chi connectivity index (χ2v) is 7.52. The number of hydrogen-bond donors (Lipinski definition) is 1. The van der Waals surface area contributed by atoms with Crippen LogP contribution in [0.25, 0.3) is 0 Å². The van der Waals surface area contributed by atoms with Crippen LogP contribution in [-0.4, -0.2) is 55.4 Å². The summed E-state index contributed by atoms with van der Waals surface area (Å²) in [4.78, 5) is 11.0. The first-order valence-electron chi connectivity index (χ1n) is 6.54. The molecule has 1 fully saturated rings. The van der Waals surface area contributed by atoms with Crippen molar-refractivity contribution < 1.29 is 23.1 Å². The third-order valence-corrected chi connectivity index (χ3v) is 4.93. The molecule has 1 rings (SSSR count). The maximum atomic E-state index is 12.1. The molecule has 0 aromatic carbocycles. The van der Waals surface area contributed by atoms with Crippen molar-refractivity contribution >= 4 is 16.0 Å². The lowest BCUT2D eigenvalue weighted by Crippen LogP contribution is -2.46. The van der Waals surface area contributed by atoms with Gasteiger partial charge in [-0.2, -0.15) is 0 Å². The van der Waals surface area contributed by atoms with Gasteiger partial charge in [-0.25, -0.2) is 12.7 Å². The van der Waals surface area contributed by atoms with E-state index in [0.717, 1.165) is 0 Å². The van der Waals surface area contributed by atoms with E-state index in [1.54, 1.807) is 0 Å². The molecule has 0 spiro atoms. The zero-order chi connectivity index (χ0) is 14.6. The fourth-order valence-electron chi connectivity index (χ4n) is 2.23. The van der Waals surface area contributed by atoms with Crippen molar-refractivity contribution in [2.75, 3.05) is 25.4 Å².